The molecule has 0 aromatic heterocycles. The largest absolute Gasteiger partial charge is 0.480 e. The molecule has 0 spiro atoms. The van der Waals surface area contributed by atoms with Crippen LogP contribution in [0.1, 0.15) is 34.3 Å². The number of carbonyl (C=O) groups excluding carboxylic acids is 1. The Labute approximate surface area is 138 Å². The molecule has 1 aromatic carbocycles. The fourth-order valence-corrected chi connectivity index (χ4v) is 1.87. The van der Waals surface area contributed by atoms with Gasteiger partial charge in [0.2, 0.25) is 0 Å². The van der Waals surface area contributed by atoms with Crippen LogP contribution >= 0.6 is 0 Å². The van der Waals surface area contributed by atoms with E-state index in [1.165, 1.54) is 6.08 Å². The van der Waals surface area contributed by atoms with Gasteiger partial charge in [-0.15, -0.1) is 6.58 Å². The summed E-state index contributed by atoms with van der Waals surface area (Å²) in [4.78, 5) is 23.0. The second kappa shape index (κ2) is 7.58. The summed E-state index contributed by atoms with van der Waals surface area (Å²) in [7, 11) is 0. The summed E-state index contributed by atoms with van der Waals surface area (Å²) in [5.41, 5.74) is -4.26. The van der Waals surface area contributed by atoms with E-state index >= 15 is 0 Å². The fraction of sp³-hybridized carbons (Fsp3) is 0.333. The van der Waals surface area contributed by atoms with Gasteiger partial charge in [-0.1, -0.05) is 6.08 Å². The third kappa shape index (κ3) is 5.80. The quantitative estimate of drug-likeness (QED) is 0.591. The summed E-state index contributed by atoms with van der Waals surface area (Å²) in [5, 5.41) is 10.9. The lowest BCUT2D eigenvalue weighted by Crippen LogP contribution is -2.40. The van der Waals surface area contributed by atoms with E-state index in [1.54, 1.807) is 0 Å². The van der Waals surface area contributed by atoms with Crippen molar-refractivity contribution in [1.82, 2.24) is 5.32 Å². The molecule has 0 aliphatic carbocycles. The van der Waals surface area contributed by atoms with Crippen LogP contribution in [0.4, 0.5) is 26.3 Å². The van der Waals surface area contributed by atoms with Crippen LogP contribution in [0.2, 0.25) is 0 Å². The van der Waals surface area contributed by atoms with Crippen LogP contribution < -0.4 is 5.32 Å². The molecule has 4 nitrogen and oxygen atoms in total. The Hall–Kier alpha value is -2.52. The SMILES string of the molecule is C=CCC[C@@H](NC(=O)c1cc(C(F)(F)F)cc(C(F)(F)F)c1)C(=O)O. The summed E-state index contributed by atoms with van der Waals surface area (Å²) in [6, 6.07) is -1.13. The molecule has 2 N–H and O–H groups in total. The number of rotatable bonds is 6. The van der Waals surface area contributed by atoms with E-state index in [0.717, 1.165) is 0 Å². The van der Waals surface area contributed by atoms with E-state index in [1.807, 2.05) is 5.32 Å². The van der Waals surface area contributed by atoms with Gasteiger partial charge in [0.15, 0.2) is 0 Å². The van der Waals surface area contributed by atoms with Gasteiger partial charge in [0.1, 0.15) is 6.04 Å². The number of benzene rings is 1. The first-order valence-corrected chi connectivity index (χ1v) is 6.80. The normalized spacial score (nSPS) is 13.2. The van der Waals surface area contributed by atoms with E-state index in [9.17, 15) is 35.9 Å². The third-order valence-corrected chi connectivity index (χ3v) is 3.11. The van der Waals surface area contributed by atoms with E-state index in [0.29, 0.717) is 0 Å². The zero-order valence-electron chi connectivity index (χ0n) is 12.5. The predicted molar refractivity (Wildman–Crippen MR) is 74.8 cm³/mol. The topological polar surface area (TPSA) is 66.4 Å². The lowest BCUT2D eigenvalue weighted by atomic mass is 10.0. The molecule has 1 atom stereocenters. The number of aliphatic carboxylic acids is 1. The highest BCUT2D eigenvalue weighted by molar-refractivity contribution is 5.97. The second-order valence-corrected chi connectivity index (χ2v) is 5.02. The first-order chi connectivity index (χ1) is 11.4. The minimum absolute atomic E-state index is 0.115. The van der Waals surface area contributed by atoms with E-state index < -0.39 is 47.0 Å². The zero-order chi connectivity index (χ0) is 19.4. The molecule has 0 heterocycles. The van der Waals surface area contributed by atoms with E-state index in [-0.39, 0.29) is 31.0 Å². The minimum atomic E-state index is -5.11. The van der Waals surface area contributed by atoms with Gasteiger partial charge in [0.05, 0.1) is 11.1 Å². The van der Waals surface area contributed by atoms with Crippen LogP contribution in [0.5, 0.6) is 0 Å². The van der Waals surface area contributed by atoms with E-state index in [2.05, 4.69) is 6.58 Å². The van der Waals surface area contributed by atoms with Crippen molar-refractivity contribution < 1.29 is 41.0 Å². The highest BCUT2D eigenvalue weighted by Crippen LogP contribution is 2.36. The molecule has 10 heteroatoms. The molecule has 0 aliphatic heterocycles. The maximum absolute atomic E-state index is 12.8. The number of carbonyl (C=O) groups is 2. The van der Waals surface area contributed by atoms with E-state index in [4.69, 9.17) is 5.11 Å². The molecule has 0 saturated carbocycles. The fourth-order valence-electron chi connectivity index (χ4n) is 1.87. The molecular weight excluding hydrogens is 356 g/mol. The molecule has 0 radical (unpaired) electrons. The number of carboxylic acid groups (broad SMARTS) is 1. The number of hydrogen-bond donors (Lipinski definition) is 2. The molecule has 0 fully saturated rings. The molecule has 1 amide bonds. The number of alkyl halides is 6. The molecule has 0 aliphatic rings. The first kappa shape index (κ1) is 20.5. The third-order valence-electron chi connectivity index (χ3n) is 3.11. The van der Waals surface area contributed by atoms with Crippen molar-refractivity contribution in [3.63, 3.8) is 0 Å². The summed E-state index contributed by atoms with van der Waals surface area (Å²) in [5.74, 6) is -2.83. The molecule has 1 rings (SSSR count). The van der Waals surface area contributed by atoms with Crippen LogP contribution in [0.25, 0.3) is 0 Å². The molecule has 0 unspecified atom stereocenters. The number of nitrogens with one attached hydrogen (secondary N) is 1. The monoisotopic (exact) mass is 369 g/mol. The first-order valence-electron chi connectivity index (χ1n) is 6.80. The summed E-state index contributed by atoms with van der Waals surface area (Å²) in [6.07, 6.45) is -8.80. The Kier molecular flexibility index (Phi) is 6.22. The molecule has 25 heavy (non-hydrogen) atoms. The van der Waals surface area contributed by atoms with Gasteiger partial charge in [0.25, 0.3) is 5.91 Å². The van der Waals surface area contributed by atoms with Crippen LogP contribution in [-0.2, 0) is 17.1 Å². The maximum Gasteiger partial charge on any atom is 0.416 e. The molecule has 138 valence electrons. The zero-order valence-corrected chi connectivity index (χ0v) is 12.5. The van der Waals surface area contributed by atoms with Crippen LogP contribution in [0.15, 0.2) is 30.9 Å². The Morgan fingerprint density at radius 2 is 1.56 bits per heavy atom. The molecule has 1 aromatic rings. The van der Waals surface area contributed by atoms with Crippen LogP contribution in [-0.4, -0.2) is 23.0 Å². The van der Waals surface area contributed by atoms with Crippen molar-refractivity contribution in [3.05, 3.63) is 47.5 Å². The Morgan fingerprint density at radius 3 is 1.92 bits per heavy atom. The van der Waals surface area contributed by atoms with Crippen molar-refractivity contribution in [2.24, 2.45) is 0 Å². The predicted octanol–water partition coefficient (Wildman–Crippen LogP) is 3.87. The van der Waals surface area contributed by atoms with Gasteiger partial charge < -0.3 is 10.4 Å². The highest BCUT2D eigenvalue weighted by Gasteiger charge is 2.37. The van der Waals surface area contributed by atoms with Crippen molar-refractivity contribution in [2.75, 3.05) is 0 Å². The summed E-state index contributed by atoms with van der Waals surface area (Å²) >= 11 is 0. The standard InChI is InChI=1S/C15H13F6NO3/c1-2-3-4-11(13(24)25)22-12(23)8-5-9(14(16,17)18)7-10(6-8)15(19,20)21/h2,5-7,11H,1,3-4H2,(H,22,23)(H,24,25)/t11-/m1/s1. The number of carboxylic acids is 1. The van der Waals surface area contributed by atoms with Gasteiger partial charge >= 0.3 is 18.3 Å². The average molecular weight is 369 g/mol. The van der Waals surface area contributed by atoms with Crippen LogP contribution in [0, 0.1) is 0 Å². The molecule has 0 saturated heterocycles. The number of allylic oxidation sites excluding steroid dienone is 1. The van der Waals surface area contributed by atoms with Crippen molar-refractivity contribution >= 4 is 11.9 Å². The van der Waals surface area contributed by atoms with Gasteiger partial charge in [-0.25, -0.2) is 4.79 Å². The number of amides is 1. The summed E-state index contributed by atoms with van der Waals surface area (Å²) in [6.45, 7) is 3.35. The Bertz CT molecular complexity index is 634. The Morgan fingerprint density at radius 1 is 1.08 bits per heavy atom. The second-order valence-electron chi connectivity index (χ2n) is 5.02. The van der Waals surface area contributed by atoms with Crippen LogP contribution in [0.3, 0.4) is 0 Å². The minimum Gasteiger partial charge on any atom is -0.480 e. The number of hydrogen-bond acceptors (Lipinski definition) is 2. The lowest BCUT2D eigenvalue weighted by Gasteiger charge is -2.16. The average Bonchev–Trinajstić information content (AvgIpc) is 2.48. The highest BCUT2D eigenvalue weighted by atomic mass is 19.4. The van der Waals surface area contributed by atoms with Crippen molar-refractivity contribution in [3.8, 4) is 0 Å². The Balaban J connectivity index is 3.23. The number of halogens is 6. The van der Waals surface area contributed by atoms with Gasteiger partial charge in [0, 0.05) is 5.56 Å². The molecular formula is C15H13F6NO3. The van der Waals surface area contributed by atoms with Gasteiger partial charge in [-0.2, -0.15) is 26.3 Å². The maximum atomic E-state index is 12.8. The summed E-state index contributed by atoms with van der Waals surface area (Å²) < 4.78 is 76.5. The molecule has 0 bridgehead atoms. The van der Waals surface area contributed by atoms with Crippen molar-refractivity contribution in [2.45, 2.75) is 31.2 Å². The van der Waals surface area contributed by atoms with Gasteiger partial charge in [-0.3, -0.25) is 4.79 Å². The van der Waals surface area contributed by atoms with Gasteiger partial charge in [-0.05, 0) is 31.0 Å². The van der Waals surface area contributed by atoms with Crippen molar-refractivity contribution in [1.29, 1.82) is 0 Å². The lowest BCUT2D eigenvalue weighted by molar-refractivity contribution is -0.143. The smallest absolute Gasteiger partial charge is 0.416 e.